The van der Waals surface area contributed by atoms with Gasteiger partial charge < -0.3 is 10.1 Å². The first-order chi connectivity index (χ1) is 13.0. The van der Waals surface area contributed by atoms with Crippen molar-refractivity contribution < 1.29 is 18.3 Å². The van der Waals surface area contributed by atoms with E-state index < -0.39 is 5.76 Å². The Balaban J connectivity index is 1.55. The van der Waals surface area contributed by atoms with Gasteiger partial charge in [-0.15, -0.1) is 0 Å². The molecule has 2 aromatic carbocycles. The van der Waals surface area contributed by atoms with Gasteiger partial charge in [-0.2, -0.15) is 8.78 Å². The summed E-state index contributed by atoms with van der Waals surface area (Å²) in [5, 5.41) is 2.82. The van der Waals surface area contributed by atoms with Crippen LogP contribution in [0.15, 0.2) is 59.5 Å². The number of nitrogens with one attached hydrogen (secondary N) is 1. The standard InChI is InChI=1S/C20H22F2N2O2S/c1-14-11-24(12-18(26-14)15-5-3-2-4-6-15)13-19(25)23-16-7-9-17(10-8-16)27-20(21)22/h2-10,14,18,20H,11-13H2,1H3,(H,23,25). The number of thioether (sulfide) groups is 1. The molecule has 0 bridgehead atoms. The normalized spacial score (nSPS) is 20.6. The van der Waals surface area contributed by atoms with E-state index in [1.165, 1.54) is 0 Å². The van der Waals surface area contributed by atoms with E-state index in [0.29, 0.717) is 35.4 Å². The fourth-order valence-electron chi connectivity index (χ4n) is 3.14. The number of ether oxygens (including phenoxy) is 1. The third-order valence-corrected chi connectivity index (χ3v) is 4.96. The molecule has 0 saturated carbocycles. The highest BCUT2D eigenvalue weighted by Crippen LogP contribution is 2.27. The fraction of sp³-hybridized carbons (Fsp3) is 0.350. The van der Waals surface area contributed by atoms with E-state index in [9.17, 15) is 13.6 Å². The lowest BCUT2D eigenvalue weighted by atomic mass is 10.1. The monoisotopic (exact) mass is 392 g/mol. The lowest BCUT2D eigenvalue weighted by Crippen LogP contribution is -2.46. The first kappa shape index (κ1) is 19.8. The lowest BCUT2D eigenvalue weighted by molar-refractivity contribution is -0.122. The number of benzene rings is 2. The zero-order chi connectivity index (χ0) is 19.2. The fourth-order valence-corrected chi connectivity index (χ4v) is 3.64. The Morgan fingerprint density at radius 1 is 1.19 bits per heavy atom. The van der Waals surface area contributed by atoms with E-state index >= 15 is 0 Å². The third kappa shape index (κ3) is 6.02. The van der Waals surface area contributed by atoms with Gasteiger partial charge in [0.25, 0.3) is 5.76 Å². The van der Waals surface area contributed by atoms with Crippen LogP contribution in [-0.4, -0.2) is 42.3 Å². The van der Waals surface area contributed by atoms with Crippen LogP contribution in [0, 0.1) is 0 Å². The molecule has 144 valence electrons. The molecule has 0 spiro atoms. The number of nitrogens with zero attached hydrogens (tertiary/aromatic N) is 1. The number of carbonyl (C=O) groups is 1. The van der Waals surface area contributed by atoms with Crippen molar-refractivity contribution in [1.82, 2.24) is 4.90 Å². The molecule has 0 aliphatic carbocycles. The second-order valence-corrected chi connectivity index (χ2v) is 7.55. The molecule has 1 aliphatic heterocycles. The van der Waals surface area contributed by atoms with Gasteiger partial charge in [-0.3, -0.25) is 9.69 Å². The Labute approximate surface area is 161 Å². The molecule has 7 heteroatoms. The predicted octanol–water partition coefficient (Wildman–Crippen LogP) is 4.40. The van der Waals surface area contributed by atoms with Gasteiger partial charge in [0.1, 0.15) is 0 Å². The van der Waals surface area contributed by atoms with E-state index in [0.717, 1.165) is 5.56 Å². The molecule has 1 heterocycles. The van der Waals surface area contributed by atoms with Crippen LogP contribution in [0.3, 0.4) is 0 Å². The number of morpholine rings is 1. The molecule has 1 N–H and O–H groups in total. The average Bonchev–Trinajstić information content (AvgIpc) is 2.63. The van der Waals surface area contributed by atoms with E-state index in [4.69, 9.17) is 4.74 Å². The van der Waals surface area contributed by atoms with E-state index in [-0.39, 0.29) is 24.7 Å². The van der Waals surface area contributed by atoms with Gasteiger partial charge in [-0.05, 0) is 36.8 Å². The second kappa shape index (κ2) is 9.30. The largest absolute Gasteiger partial charge is 0.368 e. The summed E-state index contributed by atoms with van der Waals surface area (Å²) in [6.07, 6.45) is -0.0317. The minimum atomic E-state index is -2.45. The Morgan fingerprint density at radius 2 is 1.89 bits per heavy atom. The zero-order valence-corrected chi connectivity index (χ0v) is 15.8. The van der Waals surface area contributed by atoms with Gasteiger partial charge in [-0.25, -0.2) is 0 Å². The van der Waals surface area contributed by atoms with Crippen LogP contribution in [0.25, 0.3) is 0 Å². The summed E-state index contributed by atoms with van der Waals surface area (Å²) in [5.74, 6) is -2.59. The minimum absolute atomic E-state index is 0.0300. The van der Waals surface area contributed by atoms with Crippen molar-refractivity contribution in [3.05, 3.63) is 60.2 Å². The van der Waals surface area contributed by atoms with Crippen LogP contribution in [0.4, 0.5) is 14.5 Å². The maximum absolute atomic E-state index is 12.4. The van der Waals surface area contributed by atoms with Crippen LogP contribution < -0.4 is 5.32 Å². The van der Waals surface area contributed by atoms with Crippen molar-refractivity contribution in [2.45, 2.75) is 29.8 Å². The first-order valence-corrected chi connectivity index (χ1v) is 9.65. The van der Waals surface area contributed by atoms with E-state index in [1.54, 1.807) is 24.3 Å². The van der Waals surface area contributed by atoms with E-state index in [1.807, 2.05) is 37.3 Å². The molecule has 3 rings (SSSR count). The number of carbonyl (C=O) groups excluding carboxylic acids is 1. The summed E-state index contributed by atoms with van der Waals surface area (Å²) in [4.78, 5) is 14.9. The maximum Gasteiger partial charge on any atom is 0.288 e. The van der Waals surface area contributed by atoms with Crippen LogP contribution in [-0.2, 0) is 9.53 Å². The smallest absolute Gasteiger partial charge is 0.288 e. The van der Waals surface area contributed by atoms with E-state index in [2.05, 4.69) is 10.2 Å². The quantitative estimate of drug-likeness (QED) is 0.740. The van der Waals surface area contributed by atoms with Gasteiger partial charge in [-0.1, -0.05) is 42.1 Å². The van der Waals surface area contributed by atoms with Crippen molar-refractivity contribution in [3.63, 3.8) is 0 Å². The highest BCUT2D eigenvalue weighted by Gasteiger charge is 2.27. The van der Waals surface area contributed by atoms with Gasteiger partial charge in [0.05, 0.1) is 18.8 Å². The molecule has 0 radical (unpaired) electrons. The number of hydrogen-bond donors (Lipinski definition) is 1. The van der Waals surface area contributed by atoms with Crippen molar-refractivity contribution >= 4 is 23.4 Å². The molecule has 1 fully saturated rings. The summed E-state index contributed by atoms with van der Waals surface area (Å²) in [5.41, 5.74) is 1.70. The number of halogens is 2. The molecule has 1 saturated heterocycles. The molecule has 27 heavy (non-hydrogen) atoms. The molecule has 2 unspecified atom stereocenters. The topological polar surface area (TPSA) is 41.6 Å². The molecule has 2 atom stereocenters. The molecular formula is C20H22F2N2O2S. The Hall–Kier alpha value is -1.96. The third-order valence-electron chi connectivity index (χ3n) is 4.24. The van der Waals surface area contributed by atoms with Gasteiger partial charge in [0.15, 0.2) is 0 Å². The Bertz CT molecular complexity index is 743. The lowest BCUT2D eigenvalue weighted by Gasteiger charge is -2.36. The zero-order valence-electron chi connectivity index (χ0n) is 15.0. The number of hydrogen-bond acceptors (Lipinski definition) is 4. The molecule has 4 nitrogen and oxygen atoms in total. The van der Waals surface area contributed by atoms with Gasteiger partial charge in [0, 0.05) is 23.7 Å². The molecule has 2 aromatic rings. The van der Waals surface area contributed by atoms with Crippen LogP contribution in [0.2, 0.25) is 0 Å². The first-order valence-electron chi connectivity index (χ1n) is 8.77. The molecule has 1 aliphatic rings. The highest BCUT2D eigenvalue weighted by atomic mass is 32.2. The maximum atomic E-state index is 12.4. The molecular weight excluding hydrogens is 370 g/mol. The second-order valence-electron chi connectivity index (χ2n) is 6.49. The predicted molar refractivity (Wildman–Crippen MR) is 103 cm³/mol. The average molecular weight is 392 g/mol. The van der Waals surface area contributed by atoms with Gasteiger partial charge >= 0.3 is 0 Å². The number of anilines is 1. The van der Waals surface area contributed by atoms with Crippen molar-refractivity contribution in [2.24, 2.45) is 0 Å². The number of rotatable bonds is 6. The molecule has 1 amide bonds. The Morgan fingerprint density at radius 3 is 2.56 bits per heavy atom. The minimum Gasteiger partial charge on any atom is -0.368 e. The van der Waals surface area contributed by atoms with Gasteiger partial charge in [0.2, 0.25) is 5.91 Å². The molecule has 0 aromatic heterocycles. The summed E-state index contributed by atoms with van der Waals surface area (Å²) in [7, 11) is 0. The summed E-state index contributed by atoms with van der Waals surface area (Å²) in [6.45, 7) is 3.58. The summed E-state index contributed by atoms with van der Waals surface area (Å²) in [6, 6.07) is 16.4. The van der Waals surface area contributed by atoms with Crippen molar-refractivity contribution in [2.75, 3.05) is 25.0 Å². The summed E-state index contributed by atoms with van der Waals surface area (Å²) < 4.78 is 30.7. The van der Waals surface area contributed by atoms with Crippen LogP contribution in [0.5, 0.6) is 0 Å². The number of alkyl halides is 2. The van der Waals surface area contributed by atoms with Crippen molar-refractivity contribution in [3.8, 4) is 0 Å². The summed E-state index contributed by atoms with van der Waals surface area (Å²) >= 11 is 0.485. The SMILES string of the molecule is CC1CN(CC(=O)Nc2ccc(SC(F)F)cc2)CC(c2ccccc2)O1. The van der Waals surface area contributed by atoms with Crippen LogP contribution >= 0.6 is 11.8 Å². The highest BCUT2D eigenvalue weighted by molar-refractivity contribution is 7.99. The number of amides is 1. The van der Waals surface area contributed by atoms with Crippen LogP contribution in [0.1, 0.15) is 18.6 Å². The Kier molecular flexibility index (Phi) is 6.82. The van der Waals surface area contributed by atoms with Crippen molar-refractivity contribution in [1.29, 1.82) is 0 Å².